The second-order valence-corrected chi connectivity index (χ2v) is 11.2. The van der Waals surface area contributed by atoms with E-state index in [1.165, 1.54) is 29.8 Å². The van der Waals surface area contributed by atoms with Crippen molar-refractivity contribution in [1.82, 2.24) is 28.8 Å². The summed E-state index contributed by atoms with van der Waals surface area (Å²) in [6.45, 7) is 3.50. The van der Waals surface area contributed by atoms with Crippen molar-refractivity contribution in [3.63, 3.8) is 0 Å². The number of imidazole rings is 1. The molecular formula is C27H26F3N7O4S. The van der Waals surface area contributed by atoms with E-state index in [0.29, 0.717) is 54.8 Å². The van der Waals surface area contributed by atoms with Crippen LogP contribution in [0.15, 0.2) is 45.7 Å². The van der Waals surface area contributed by atoms with Crippen LogP contribution in [-0.4, -0.2) is 59.4 Å². The maximum atomic E-state index is 13.1. The molecule has 0 unspecified atom stereocenters. The van der Waals surface area contributed by atoms with Crippen LogP contribution >= 0.6 is 11.3 Å². The maximum Gasteiger partial charge on any atom is 0.435 e. The molecule has 1 amide bonds. The quantitative estimate of drug-likeness (QED) is 0.339. The highest BCUT2D eigenvalue weighted by atomic mass is 32.1. The number of thiazole rings is 1. The van der Waals surface area contributed by atoms with Gasteiger partial charge in [0.15, 0.2) is 5.69 Å². The van der Waals surface area contributed by atoms with Gasteiger partial charge in [-0.05, 0) is 38.0 Å². The molecule has 2 aliphatic heterocycles. The highest BCUT2D eigenvalue weighted by Gasteiger charge is 2.35. The minimum atomic E-state index is -4.56. The van der Waals surface area contributed by atoms with E-state index in [2.05, 4.69) is 10.3 Å². The lowest BCUT2D eigenvalue weighted by atomic mass is 9.97. The van der Waals surface area contributed by atoms with Crippen molar-refractivity contribution < 1.29 is 27.6 Å². The third-order valence-electron chi connectivity index (χ3n) is 7.61. The smallest absolute Gasteiger partial charge is 0.369 e. The third kappa shape index (κ3) is 5.01. The second-order valence-electron chi connectivity index (χ2n) is 10.4. The number of carbonyl (C=O) groups is 2. The number of aromatic nitrogens is 5. The second kappa shape index (κ2) is 10.5. The van der Waals surface area contributed by atoms with E-state index in [0.717, 1.165) is 20.3 Å². The monoisotopic (exact) mass is 601 g/mol. The Morgan fingerprint density at radius 3 is 2.52 bits per heavy atom. The van der Waals surface area contributed by atoms with Crippen LogP contribution in [0.2, 0.25) is 0 Å². The number of halogens is 3. The van der Waals surface area contributed by atoms with Gasteiger partial charge in [-0.3, -0.25) is 18.8 Å². The number of likely N-dealkylation sites (tertiary alicyclic amines) is 1. The van der Waals surface area contributed by atoms with Crippen molar-refractivity contribution in [2.45, 2.75) is 58.0 Å². The van der Waals surface area contributed by atoms with Crippen molar-refractivity contribution in [3.8, 4) is 0 Å². The highest BCUT2D eigenvalue weighted by molar-refractivity contribution is 7.10. The number of aryl methyl sites for hydroxylation is 1. The number of benzene rings is 1. The van der Waals surface area contributed by atoms with Gasteiger partial charge in [0.05, 0.1) is 28.2 Å². The number of amides is 1. The van der Waals surface area contributed by atoms with Crippen LogP contribution in [0, 0.1) is 6.92 Å². The number of piperidine rings is 1. The molecule has 5 heterocycles. The zero-order valence-corrected chi connectivity index (χ0v) is 23.5. The van der Waals surface area contributed by atoms with Gasteiger partial charge < -0.3 is 9.74 Å². The highest BCUT2D eigenvalue weighted by Crippen LogP contribution is 2.33. The lowest BCUT2D eigenvalue weighted by Crippen LogP contribution is -2.40. The van der Waals surface area contributed by atoms with Gasteiger partial charge in [0.1, 0.15) is 12.3 Å². The number of carbonyl (C=O) groups excluding carboxylic acids is 2. The average Bonchev–Trinajstić information content (AvgIpc) is 3.73. The van der Waals surface area contributed by atoms with E-state index in [1.54, 1.807) is 29.2 Å². The topological polar surface area (TPSA) is 117 Å². The molecule has 0 bridgehead atoms. The van der Waals surface area contributed by atoms with Crippen molar-refractivity contribution in [3.05, 3.63) is 68.3 Å². The van der Waals surface area contributed by atoms with Crippen molar-refractivity contribution in [1.29, 1.82) is 0 Å². The summed E-state index contributed by atoms with van der Waals surface area (Å²) in [6.07, 6.45) is -3.66. The number of hydrogen-bond acceptors (Lipinski definition) is 8. The molecule has 6 rings (SSSR count). The molecule has 15 heteroatoms. The molecule has 1 aromatic carbocycles. The maximum absolute atomic E-state index is 13.1. The summed E-state index contributed by atoms with van der Waals surface area (Å²) >= 11 is 1.48. The van der Waals surface area contributed by atoms with Crippen LogP contribution in [0.3, 0.4) is 0 Å². The van der Waals surface area contributed by atoms with Gasteiger partial charge in [0.2, 0.25) is 18.0 Å². The molecule has 220 valence electrons. The van der Waals surface area contributed by atoms with Crippen LogP contribution in [-0.2, 0) is 22.4 Å². The van der Waals surface area contributed by atoms with Gasteiger partial charge in [-0.2, -0.15) is 18.3 Å². The Kier molecular flexibility index (Phi) is 6.99. The zero-order chi connectivity index (χ0) is 29.8. The van der Waals surface area contributed by atoms with Gasteiger partial charge in [-0.25, -0.2) is 14.3 Å². The van der Waals surface area contributed by atoms with Gasteiger partial charge in [0.25, 0.3) is 0 Å². The Morgan fingerprint density at radius 2 is 1.86 bits per heavy atom. The molecule has 0 aliphatic carbocycles. The van der Waals surface area contributed by atoms with Crippen molar-refractivity contribution in [2.75, 3.05) is 13.1 Å². The van der Waals surface area contributed by atoms with Gasteiger partial charge >= 0.3 is 11.9 Å². The predicted octanol–water partition coefficient (Wildman–Crippen LogP) is 4.17. The van der Waals surface area contributed by atoms with E-state index in [-0.39, 0.29) is 24.1 Å². The summed E-state index contributed by atoms with van der Waals surface area (Å²) in [4.78, 5) is 50.1. The fourth-order valence-electron chi connectivity index (χ4n) is 5.43. The number of hydrogen-bond donors (Lipinski definition) is 0. The minimum absolute atomic E-state index is 0.117. The lowest BCUT2D eigenvalue weighted by Gasteiger charge is -2.31. The molecule has 4 aromatic rings. The van der Waals surface area contributed by atoms with Crippen LogP contribution < -0.4 is 5.69 Å². The molecule has 3 aromatic heterocycles. The summed E-state index contributed by atoms with van der Waals surface area (Å²) < 4.78 is 42.5. The summed E-state index contributed by atoms with van der Waals surface area (Å²) in [5.74, 6) is -0.554. The van der Waals surface area contributed by atoms with Crippen LogP contribution in [0.5, 0.6) is 0 Å². The molecule has 0 radical (unpaired) electrons. The number of alkyl halides is 3. The number of oxime groups is 1. The number of para-hydroxylation sites is 2. The van der Waals surface area contributed by atoms with Gasteiger partial charge in [0, 0.05) is 37.0 Å². The third-order valence-corrected chi connectivity index (χ3v) is 8.61. The molecule has 0 N–H and O–H groups in total. The molecule has 0 saturated carbocycles. The van der Waals surface area contributed by atoms with E-state index in [9.17, 15) is 27.6 Å². The lowest BCUT2D eigenvalue weighted by molar-refractivity contribution is -0.142. The molecule has 2 aliphatic rings. The molecule has 11 nitrogen and oxygen atoms in total. The van der Waals surface area contributed by atoms with Crippen molar-refractivity contribution in [2.24, 2.45) is 5.16 Å². The normalized spacial score (nSPS) is 18.0. The Hall–Kier alpha value is -4.27. The van der Waals surface area contributed by atoms with Crippen LogP contribution in [0.25, 0.3) is 11.0 Å². The van der Waals surface area contributed by atoms with E-state index in [1.807, 2.05) is 5.38 Å². The van der Waals surface area contributed by atoms with Crippen LogP contribution in [0.1, 0.15) is 65.2 Å². The Labute approximate surface area is 240 Å². The van der Waals surface area contributed by atoms with E-state index >= 15 is 0 Å². The number of nitrogens with zero attached hydrogens (tertiary/aromatic N) is 7. The Balaban J connectivity index is 1.09. The first-order valence-electron chi connectivity index (χ1n) is 13.3. The molecule has 1 saturated heterocycles. The average molecular weight is 602 g/mol. The summed E-state index contributed by atoms with van der Waals surface area (Å²) in [5, 5.41) is 10.5. The first-order chi connectivity index (χ1) is 20.0. The van der Waals surface area contributed by atoms with Crippen molar-refractivity contribution >= 4 is 39.9 Å². The zero-order valence-electron chi connectivity index (χ0n) is 22.7. The molecule has 42 heavy (non-hydrogen) atoms. The van der Waals surface area contributed by atoms with Crippen LogP contribution in [0.4, 0.5) is 13.2 Å². The largest absolute Gasteiger partial charge is 0.435 e. The summed E-state index contributed by atoms with van der Waals surface area (Å²) in [6, 6.07) is 7.94. The molecular weight excluding hydrogens is 575 g/mol. The molecule has 1 atom stereocenters. The van der Waals surface area contributed by atoms with E-state index < -0.39 is 29.7 Å². The first-order valence-corrected chi connectivity index (χ1v) is 14.2. The minimum Gasteiger partial charge on any atom is -0.369 e. The Bertz CT molecular complexity index is 1780. The summed E-state index contributed by atoms with van der Waals surface area (Å²) in [5.41, 5.74) is 1.08. The standard InChI is InChI=1S/C27H26F3N7O4S/c1-15-11-22(27(28,29)30)32-35(15)13-23(39)34-9-7-17(8-10-34)25-31-19(14-42-25)18-12-24(41-33-18)37-21-6-4-3-5-20(21)36(16(2)38)26(37)40/h3-6,11,14,17,24H,7-10,12-13H2,1-2H3/t24-/m1/s1. The fourth-order valence-corrected chi connectivity index (χ4v) is 6.43. The van der Waals surface area contributed by atoms with Gasteiger partial charge in [-0.1, -0.05) is 17.3 Å². The number of fused-ring (bicyclic) bond motifs is 1. The molecule has 1 fully saturated rings. The Morgan fingerprint density at radius 1 is 1.14 bits per heavy atom. The predicted molar refractivity (Wildman–Crippen MR) is 146 cm³/mol. The fraction of sp³-hybridized carbons (Fsp3) is 0.407. The SMILES string of the molecule is CC(=O)n1c(=O)n([C@H]2CC(c3csc(C4CCN(C(=O)Cn5nc(C(F)(F)F)cc5C)CC4)n3)=NO2)c2ccccc21. The first kappa shape index (κ1) is 27.9. The number of rotatable bonds is 5. The molecule has 0 spiro atoms. The van der Waals surface area contributed by atoms with Gasteiger partial charge in [-0.15, -0.1) is 11.3 Å². The van der Waals surface area contributed by atoms with E-state index in [4.69, 9.17) is 9.82 Å². The summed E-state index contributed by atoms with van der Waals surface area (Å²) in [7, 11) is 0.